The van der Waals surface area contributed by atoms with E-state index in [-0.39, 0.29) is 16.3 Å². The standard InChI is InChI=1S/C16H19N3O4S/c1-23-14-8-12-10(7-13(14)15(17)20)4-6-19-16(12)24(21,22)11-3-2-5-18-9-11/h4,6-8,11,18H,2-3,5,9H2,1H3,(H2,17,20). The largest absolute Gasteiger partial charge is 0.496 e. The number of carbonyl (C=O) groups excluding carboxylic acids is 1. The second kappa shape index (κ2) is 6.37. The number of primary amides is 1. The zero-order chi connectivity index (χ0) is 17.3. The molecule has 1 aliphatic heterocycles. The number of pyridine rings is 1. The number of nitrogens with two attached hydrogens (primary N) is 1. The van der Waals surface area contributed by atoms with Gasteiger partial charge in [0.1, 0.15) is 5.75 Å². The molecule has 1 atom stereocenters. The summed E-state index contributed by atoms with van der Waals surface area (Å²) in [5.74, 6) is -0.396. The van der Waals surface area contributed by atoms with Gasteiger partial charge in [-0.1, -0.05) is 0 Å². The molecule has 1 aromatic carbocycles. The third-order valence-electron chi connectivity index (χ3n) is 4.27. The van der Waals surface area contributed by atoms with Gasteiger partial charge in [0.05, 0.1) is 17.9 Å². The van der Waals surface area contributed by atoms with Crippen molar-refractivity contribution in [3.63, 3.8) is 0 Å². The highest BCUT2D eigenvalue weighted by Crippen LogP contribution is 2.31. The van der Waals surface area contributed by atoms with Gasteiger partial charge in [0.2, 0.25) is 0 Å². The third kappa shape index (κ3) is 2.83. The first-order valence-electron chi connectivity index (χ1n) is 7.66. The highest BCUT2D eigenvalue weighted by molar-refractivity contribution is 7.92. The number of nitrogens with zero attached hydrogens (tertiary/aromatic N) is 1. The average Bonchev–Trinajstić information content (AvgIpc) is 2.60. The Labute approximate surface area is 140 Å². The van der Waals surface area contributed by atoms with Crippen LogP contribution in [0.2, 0.25) is 0 Å². The van der Waals surface area contributed by atoms with Crippen molar-refractivity contribution in [1.29, 1.82) is 0 Å². The smallest absolute Gasteiger partial charge is 0.252 e. The second-order valence-electron chi connectivity index (χ2n) is 5.77. The minimum atomic E-state index is -3.59. The van der Waals surface area contributed by atoms with Gasteiger partial charge in [-0.3, -0.25) is 4.79 Å². The lowest BCUT2D eigenvalue weighted by Crippen LogP contribution is -2.39. The molecule has 1 amide bonds. The van der Waals surface area contributed by atoms with Crippen molar-refractivity contribution in [3.05, 3.63) is 30.0 Å². The van der Waals surface area contributed by atoms with Gasteiger partial charge < -0.3 is 15.8 Å². The van der Waals surface area contributed by atoms with E-state index < -0.39 is 21.0 Å². The summed E-state index contributed by atoms with van der Waals surface area (Å²) in [6.45, 7) is 1.24. The first-order valence-corrected chi connectivity index (χ1v) is 9.21. The van der Waals surface area contributed by atoms with Crippen LogP contribution in [0.15, 0.2) is 29.4 Å². The number of rotatable bonds is 4. The van der Waals surface area contributed by atoms with Crippen LogP contribution in [0.5, 0.6) is 5.75 Å². The Morgan fingerprint density at radius 2 is 2.21 bits per heavy atom. The van der Waals surface area contributed by atoms with Crippen molar-refractivity contribution in [1.82, 2.24) is 10.3 Å². The van der Waals surface area contributed by atoms with Crippen molar-refractivity contribution in [3.8, 4) is 5.75 Å². The van der Waals surface area contributed by atoms with E-state index in [0.717, 1.165) is 13.0 Å². The minimum absolute atomic E-state index is 0.0167. The van der Waals surface area contributed by atoms with Gasteiger partial charge in [0.15, 0.2) is 14.9 Å². The van der Waals surface area contributed by atoms with E-state index in [2.05, 4.69) is 10.3 Å². The van der Waals surface area contributed by atoms with Crippen LogP contribution < -0.4 is 15.8 Å². The Morgan fingerprint density at radius 1 is 1.42 bits per heavy atom. The lowest BCUT2D eigenvalue weighted by Gasteiger charge is -2.23. The van der Waals surface area contributed by atoms with E-state index in [4.69, 9.17) is 10.5 Å². The Balaban J connectivity index is 2.20. The summed E-state index contributed by atoms with van der Waals surface area (Å²) < 4.78 is 31.2. The number of fused-ring (bicyclic) bond motifs is 1. The van der Waals surface area contributed by atoms with Crippen LogP contribution in [-0.2, 0) is 9.84 Å². The number of nitrogens with one attached hydrogen (secondary N) is 1. The molecule has 1 aliphatic rings. The predicted octanol–water partition coefficient (Wildman–Crippen LogP) is 0.868. The summed E-state index contributed by atoms with van der Waals surface area (Å²) >= 11 is 0. The summed E-state index contributed by atoms with van der Waals surface area (Å²) in [7, 11) is -2.19. The van der Waals surface area contributed by atoms with Crippen LogP contribution in [0.4, 0.5) is 0 Å². The van der Waals surface area contributed by atoms with Crippen LogP contribution in [0.1, 0.15) is 23.2 Å². The summed E-state index contributed by atoms with van der Waals surface area (Å²) in [5.41, 5.74) is 5.57. The van der Waals surface area contributed by atoms with Gasteiger partial charge in [-0.25, -0.2) is 13.4 Å². The van der Waals surface area contributed by atoms with Crippen LogP contribution in [0.3, 0.4) is 0 Å². The molecule has 3 rings (SSSR count). The van der Waals surface area contributed by atoms with Crippen molar-refractivity contribution in [2.75, 3.05) is 20.2 Å². The molecule has 8 heteroatoms. The number of aromatic nitrogens is 1. The number of hydrogen-bond donors (Lipinski definition) is 2. The monoisotopic (exact) mass is 349 g/mol. The Morgan fingerprint density at radius 3 is 2.83 bits per heavy atom. The maximum absolute atomic E-state index is 13.0. The molecule has 2 heterocycles. The van der Waals surface area contributed by atoms with Crippen LogP contribution in [0, 0.1) is 0 Å². The molecule has 128 valence electrons. The second-order valence-corrected chi connectivity index (χ2v) is 7.91. The fraction of sp³-hybridized carbons (Fsp3) is 0.375. The first-order chi connectivity index (χ1) is 11.4. The summed E-state index contributed by atoms with van der Waals surface area (Å²) in [6, 6.07) is 4.71. The van der Waals surface area contributed by atoms with E-state index in [0.29, 0.717) is 23.7 Å². The van der Waals surface area contributed by atoms with Gasteiger partial charge in [0, 0.05) is 18.1 Å². The lowest BCUT2D eigenvalue weighted by molar-refractivity contribution is 0.0997. The van der Waals surface area contributed by atoms with E-state index in [9.17, 15) is 13.2 Å². The number of benzene rings is 1. The minimum Gasteiger partial charge on any atom is -0.496 e. The average molecular weight is 349 g/mol. The predicted molar refractivity (Wildman–Crippen MR) is 89.9 cm³/mol. The van der Waals surface area contributed by atoms with Crippen molar-refractivity contribution in [2.45, 2.75) is 23.1 Å². The highest BCUT2D eigenvalue weighted by atomic mass is 32.2. The molecule has 0 bridgehead atoms. The number of methoxy groups -OCH3 is 1. The molecule has 24 heavy (non-hydrogen) atoms. The number of ether oxygens (including phenoxy) is 1. The molecule has 1 fully saturated rings. The third-order valence-corrected chi connectivity index (χ3v) is 6.42. The molecule has 7 nitrogen and oxygen atoms in total. The molecule has 0 saturated carbocycles. The van der Waals surface area contributed by atoms with Gasteiger partial charge >= 0.3 is 0 Å². The van der Waals surface area contributed by atoms with E-state index in [1.807, 2.05) is 0 Å². The van der Waals surface area contributed by atoms with Crippen LogP contribution in [-0.4, -0.2) is 44.8 Å². The number of amides is 1. The molecule has 0 aliphatic carbocycles. The quantitative estimate of drug-likeness (QED) is 0.847. The molecule has 1 aromatic heterocycles. The normalized spacial score (nSPS) is 18.5. The van der Waals surface area contributed by atoms with E-state index >= 15 is 0 Å². The zero-order valence-corrected chi connectivity index (χ0v) is 14.1. The topological polar surface area (TPSA) is 111 Å². The Hall–Kier alpha value is -2.19. The van der Waals surface area contributed by atoms with E-state index in [1.165, 1.54) is 25.4 Å². The molecule has 2 aromatic rings. The van der Waals surface area contributed by atoms with Gasteiger partial charge in [0.25, 0.3) is 5.91 Å². The van der Waals surface area contributed by atoms with Crippen LogP contribution in [0.25, 0.3) is 10.8 Å². The Bertz CT molecular complexity index is 890. The summed E-state index contributed by atoms with van der Waals surface area (Å²) in [4.78, 5) is 15.7. The molecule has 1 saturated heterocycles. The van der Waals surface area contributed by atoms with Crippen molar-refractivity contribution < 1.29 is 17.9 Å². The van der Waals surface area contributed by atoms with Crippen molar-refractivity contribution in [2.24, 2.45) is 5.73 Å². The molecule has 0 radical (unpaired) electrons. The van der Waals surface area contributed by atoms with Crippen molar-refractivity contribution >= 4 is 26.5 Å². The fourth-order valence-electron chi connectivity index (χ4n) is 3.01. The number of carbonyl (C=O) groups is 1. The SMILES string of the molecule is COc1cc2c(S(=O)(=O)C3CCCNC3)nccc2cc1C(N)=O. The highest BCUT2D eigenvalue weighted by Gasteiger charge is 2.31. The molecule has 1 unspecified atom stereocenters. The number of piperidine rings is 1. The molecular weight excluding hydrogens is 330 g/mol. The number of sulfone groups is 1. The van der Waals surface area contributed by atoms with E-state index in [1.54, 1.807) is 6.07 Å². The summed E-state index contributed by atoms with van der Waals surface area (Å²) in [5, 5.41) is 3.64. The van der Waals surface area contributed by atoms with Gasteiger partial charge in [-0.05, 0) is 43.0 Å². The van der Waals surface area contributed by atoms with Crippen LogP contribution >= 0.6 is 0 Å². The number of hydrogen-bond acceptors (Lipinski definition) is 6. The molecule has 3 N–H and O–H groups in total. The lowest BCUT2D eigenvalue weighted by atomic mass is 10.1. The molecule has 0 spiro atoms. The maximum atomic E-state index is 13.0. The zero-order valence-electron chi connectivity index (χ0n) is 13.3. The molecular formula is C16H19N3O4S. The first kappa shape index (κ1) is 16.7. The van der Waals surface area contributed by atoms with Gasteiger partial charge in [-0.2, -0.15) is 0 Å². The Kier molecular flexibility index (Phi) is 4.42. The fourth-order valence-corrected chi connectivity index (χ4v) is 4.83. The van der Waals surface area contributed by atoms with Gasteiger partial charge in [-0.15, -0.1) is 0 Å². The summed E-state index contributed by atoms with van der Waals surface area (Å²) in [6.07, 6.45) is 2.84. The maximum Gasteiger partial charge on any atom is 0.252 e.